The van der Waals surface area contributed by atoms with E-state index in [1.165, 1.54) is 0 Å². The van der Waals surface area contributed by atoms with Gasteiger partial charge in [0.2, 0.25) is 0 Å². The van der Waals surface area contributed by atoms with Crippen molar-refractivity contribution in [3.05, 3.63) is 95.9 Å². The molecule has 5 heteroatoms. The van der Waals surface area contributed by atoms with Gasteiger partial charge in [0, 0.05) is 48.0 Å². The average molecular weight is 382 g/mol. The van der Waals surface area contributed by atoms with E-state index in [4.69, 9.17) is 0 Å². The molecule has 1 amide bonds. The maximum absolute atomic E-state index is 13.4. The zero-order valence-corrected chi connectivity index (χ0v) is 16.3. The minimum Gasteiger partial charge on any atom is -0.345 e. The molecule has 0 N–H and O–H groups in total. The Kier molecular flexibility index (Phi) is 4.28. The Morgan fingerprint density at radius 3 is 2.55 bits per heavy atom. The number of rotatable bonds is 3. The highest BCUT2D eigenvalue weighted by atomic mass is 16.2. The second kappa shape index (κ2) is 7.09. The first-order valence-electron chi connectivity index (χ1n) is 9.90. The van der Waals surface area contributed by atoms with E-state index < -0.39 is 0 Å². The number of para-hydroxylation sites is 1. The standard InChI is InChI=1S/C24H22N4O/c1-2-27-15-13-22(25-27)18-9-11-19(12-10-18)24(29)28-17-21-7-5-14-26(21)16-20-6-3-4-8-23(20)28/h3-15H,2,16-17H2,1H3. The Morgan fingerprint density at radius 1 is 0.931 bits per heavy atom. The first-order chi connectivity index (χ1) is 14.2. The van der Waals surface area contributed by atoms with Crippen LogP contribution in [0.15, 0.2) is 79.1 Å². The molecule has 29 heavy (non-hydrogen) atoms. The lowest BCUT2D eigenvalue weighted by atomic mass is 10.1. The van der Waals surface area contributed by atoms with Crippen molar-refractivity contribution in [1.29, 1.82) is 0 Å². The number of hydrogen-bond acceptors (Lipinski definition) is 2. The predicted octanol–water partition coefficient (Wildman–Crippen LogP) is 4.58. The molecule has 0 saturated heterocycles. The number of aryl methyl sites for hydroxylation is 1. The van der Waals surface area contributed by atoms with E-state index in [-0.39, 0.29) is 5.91 Å². The summed E-state index contributed by atoms with van der Waals surface area (Å²) in [4.78, 5) is 15.3. The van der Waals surface area contributed by atoms with Gasteiger partial charge in [0.15, 0.2) is 0 Å². The van der Waals surface area contributed by atoms with Gasteiger partial charge in [-0.3, -0.25) is 9.48 Å². The van der Waals surface area contributed by atoms with Crippen LogP contribution in [0, 0.1) is 0 Å². The number of carbonyl (C=O) groups excluding carboxylic acids is 1. The van der Waals surface area contributed by atoms with Crippen molar-refractivity contribution in [2.75, 3.05) is 4.90 Å². The van der Waals surface area contributed by atoms with Crippen LogP contribution < -0.4 is 4.90 Å². The Labute approximate surface area is 169 Å². The fraction of sp³-hybridized carbons (Fsp3) is 0.167. The largest absolute Gasteiger partial charge is 0.345 e. The quantitative estimate of drug-likeness (QED) is 0.520. The molecule has 0 saturated carbocycles. The van der Waals surface area contributed by atoms with Gasteiger partial charge in [0.25, 0.3) is 5.91 Å². The van der Waals surface area contributed by atoms with Gasteiger partial charge >= 0.3 is 0 Å². The molecule has 4 aromatic rings. The van der Waals surface area contributed by atoms with Crippen molar-refractivity contribution in [3.8, 4) is 11.3 Å². The Bertz CT molecular complexity index is 1170. The molecule has 5 rings (SSSR count). The van der Waals surface area contributed by atoms with E-state index >= 15 is 0 Å². The van der Waals surface area contributed by atoms with Crippen LogP contribution in [0.2, 0.25) is 0 Å². The number of benzene rings is 2. The number of fused-ring (bicyclic) bond motifs is 2. The molecule has 0 atom stereocenters. The summed E-state index contributed by atoms with van der Waals surface area (Å²) in [5, 5.41) is 4.54. The van der Waals surface area contributed by atoms with Crippen LogP contribution in [0.4, 0.5) is 5.69 Å². The first-order valence-corrected chi connectivity index (χ1v) is 9.90. The second-order valence-electron chi connectivity index (χ2n) is 7.28. The van der Waals surface area contributed by atoms with Crippen LogP contribution in [0.1, 0.15) is 28.5 Å². The highest BCUT2D eigenvalue weighted by Crippen LogP contribution is 2.29. The van der Waals surface area contributed by atoms with Crippen molar-refractivity contribution < 1.29 is 4.79 Å². The van der Waals surface area contributed by atoms with Gasteiger partial charge in [0.05, 0.1) is 12.2 Å². The Balaban J connectivity index is 1.48. The lowest BCUT2D eigenvalue weighted by Crippen LogP contribution is -2.30. The molecule has 0 spiro atoms. The van der Waals surface area contributed by atoms with Crippen molar-refractivity contribution in [2.24, 2.45) is 0 Å². The summed E-state index contributed by atoms with van der Waals surface area (Å²) in [7, 11) is 0. The summed E-state index contributed by atoms with van der Waals surface area (Å²) in [6.45, 7) is 4.24. The van der Waals surface area contributed by atoms with Gasteiger partial charge in [-0.15, -0.1) is 0 Å². The molecule has 1 aliphatic rings. The van der Waals surface area contributed by atoms with Gasteiger partial charge < -0.3 is 9.47 Å². The van der Waals surface area contributed by atoms with Crippen molar-refractivity contribution in [1.82, 2.24) is 14.3 Å². The number of anilines is 1. The van der Waals surface area contributed by atoms with Gasteiger partial charge in [-0.1, -0.05) is 30.3 Å². The Morgan fingerprint density at radius 2 is 1.76 bits per heavy atom. The summed E-state index contributed by atoms with van der Waals surface area (Å²) in [6.07, 6.45) is 4.04. The minimum atomic E-state index is 0.0118. The lowest BCUT2D eigenvalue weighted by Gasteiger charge is -2.23. The molecule has 3 heterocycles. The maximum Gasteiger partial charge on any atom is 0.258 e. The van der Waals surface area contributed by atoms with E-state index in [9.17, 15) is 4.79 Å². The van der Waals surface area contributed by atoms with Crippen molar-refractivity contribution >= 4 is 11.6 Å². The van der Waals surface area contributed by atoms with Gasteiger partial charge in [-0.25, -0.2) is 0 Å². The van der Waals surface area contributed by atoms with Gasteiger partial charge in [-0.2, -0.15) is 5.10 Å². The summed E-state index contributed by atoms with van der Waals surface area (Å²) < 4.78 is 4.11. The van der Waals surface area contributed by atoms with Crippen LogP contribution in [0.25, 0.3) is 11.3 Å². The number of amides is 1. The van der Waals surface area contributed by atoms with Crippen molar-refractivity contribution in [3.63, 3.8) is 0 Å². The van der Waals surface area contributed by atoms with E-state index in [1.807, 2.05) is 70.4 Å². The van der Waals surface area contributed by atoms with Gasteiger partial charge in [-0.05, 0) is 48.9 Å². The summed E-state index contributed by atoms with van der Waals surface area (Å²) in [6, 6.07) is 22.0. The van der Waals surface area contributed by atoms with E-state index in [1.54, 1.807) is 0 Å². The zero-order valence-electron chi connectivity index (χ0n) is 16.3. The summed E-state index contributed by atoms with van der Waals surface area (Å²) >= 11 is 0. The smallest absolute Gasteiger partial charge is 0.258 e. The molecule has 0 unspecified atom stereocenters. The molecule has 1 aliphatic heterocycles. The third-order valence-corrected chi connectivity index (χ3v) is 5.50. The molecule has 2 aromatic carbocycles. The molecular weight excluding hydrogens is 360 g/mol. The second-order valence-corrected chi connectivity index (χ2v) is 7.28. The van der Waals surface area contributed by atoms with Crippen LogP contribution in [0.3, 0.4) is 0 Å². The molecule has 0 radical (unpaired) electrons. The summed E-state index contributed by atoms with van der Waals surface area (Å²) in [5.41, 5.74) is 5.88. The molecular formula is C24H22N4O. The molecule has 2 aromatic heterocycles. The van der Waals surface area contributed by atoms with E-state index in [0.717, 1.165) is 41.3 Å². The highest BCUT2D eigenvalue weighted by molar-refractivity contribution is 6.06. The van der Waals surface area contributed by atoms with Crippen LogP contribution >= 0.6 is 0 Å². The fourth-order valence-corrected chi connectivity index (χ4v) is 3.90. The van der Waals surface area contributed by atoms with Gasteiger partial charge in [0.1, 0.15) is 0 Å². The zero-order chi connectivity index (χ0) is 19.8. The Hall–Kier alpha value is -3.60. The first kappa shape index (κ1) is 17.5. The topological polar surface area (TPSA) is 43.1 Å². The summed E-state index contributed by atoms with van der Waals surface area (Å²) in [5.74, 6) is 0.0118. The van der Waals surface area contributed by atoms with Crippen LogP contribution in [0.5, 0.6) is 0 Å². The molecule has 144 valence electrons. The van der Waals surface area contributed by atoms with E-state index in [0.29, 0.717) is 12.1 Å². The number of carbonyl (C=O) groups is 1. The third kappa shape index (κ3) is 3.14. The monoisotopic (exact) mass is 382 g/mol. The number of hydrogen-bond donors (Lipinski definition) is 0. The van der Waals surface area contributed by atoms with Crippen LogP contribution in [-0.2, 0) is 19.6 Å². The van der Waals surface area contributed by atoms with E-state index in [2.05, 4.69) is 34.9 Å². The lowest BCUT2D eigenvalue weighted by molar-refractivity contribution is 0.0985. The van der Waals surface area contributed by atoms with Crippen molar-refractivity contribution in [2.45, 2.75) is 26.6 Å². The molecule has 0 fully saturated rings. The normalized spacial score (nSPS) is 12.9. The molecule has 5 nitrogen and oxygen atoms in total. The highest BCUT2D eigenvalue weighted by Gasteiger charge is 2.24. The average Bonchev–Trinajstić information content (AvgIpc) is 3.39. The minimum absolute atomic E-state index is 0.0118. The molecule has 0 bridgehead atoms. The SMILES string of the molecule is CCn1ccc(-c2ccc(C(=O)N3Cc4cccn4Cc4ccccc43)cc2)n1. The fourth-order valence-electron chi connectivity index (χ4n) is 3.90. The number of aromatic nitrogens is 3. The van der Waals surface area contributed by atoms with Crippen LogP contribution in [-0.4, -0.2) is 20.3 Å². The number of nitrogens with zero attached hydrogens (tertiary/aromatic N) is 4. The maximum atomic E-state index is 13.4. The predicted molar refractivity (Wildman–Crippen MR) is 114 cm³/mol. The molecule has 0 aliphatic carbocycles. The third-order valence-electron chi connectivity index (χ3n) is 5.50.